The van der Waals surface area contributed by atoms with Gasteiger partial charge in [-0.3, -0.25) is 9.59 Å². The number of Topliss-reactive ketones (excluding diaryl/α,β-unsaturated/α-hetero) is 1. The highest BCUT2D eigenvalue weighted by molar-refractivity contribution is 8.00. The zero-order chi connectivity index (χ0) is 17.9. The Bertz CT molecular complexity index is 749. The van der Waals surface area contributed by atoms with Crippen LogP contribution in [-0.4, -0.2) is 26.9 Å². The van der Waals surface area contributed by atoms with E-state index in [0.29, 0.717) is 16.4 Å². The Balaban J connectivity index is 2.10. The Morgan fingerprint density at radius 1 is 1.04 bits per heavy atom. The SMILES string of the molecule is CC(=O)Nc1ccc(C(=O)[C@@H](C)Sc2nc(C)c(C)c(C)n2)cc1. The first-order valence-electron chi connectivity index (χ1n) is 7.68. The molecule has 0 aliphatic heterocycles. The van der Waals surface area contributed by atoms with E-state index in [1.165, 1.54) is 18.7 Å². The molecular formula is C18H21N3O2S. The second-order valence-electron chi connectivity index (χ2n) is 5.68. The van der Waals surface area contributed by atoms with Gasteiger partial charge in [0.05, 0.1) is 5.25 Å². The van der Waals surface area contributed by atoms with E-state index in [1.54, 1.807) is 24.3 Å². The molecule has 24 heavy (non-hydrogen) atoms. The number of hydrogen-bond acceptors (Lipinski definition) is 5. The maximum Gasteiger partial charge on any atom is 0.221 e. The van der Waals surface area contributed by atoms with Gasteiger partial charge in [0.15, 0.2) is 10.9 Å². The third-order valence-corrected chi connectivity index (χ3v) is 4.71. The van der Waals surface area contributed by atoms with Crippen molar-refractivity contribution in [1.29, 1.82) is 0 Å². The average molecular weight is 343 g/mol. The summed E-state index contributed by atoms with van der Waals surface area (Å²) in [6.07, 6.45) is 0. The Hall–Kier alpha value is -2.21. The van der Waals surface area contributed by atoms with Gasteiger partial charge in [0.1, 0.15) is 0 Å². The van der Waals surface area contributed by atoms with Crippen LogP contribution in [0.3, 0.4) is 0 Å². The van der Waals surface area contributed by atoms with Crippen molar-refractivity contribution >= 4 is 29.1 Å². The third-order valence-electron chi connectivity index (χ3n) is 3.75. The number of thioether (sulfide) groups is 1. The molecule has 0 aliphatic carbocycles. The fourth-order valence-electron chi connectivity index (χ4n) is 2.16. The lowest BCUT2D eigenvalue weighted by molar-refractivity contribution is -0.114. The number of amides is 1. The van der Waals surface area contributed by atoms with Crippen molar-refractivity contribution in [1.82, 2.24) is 9.97 Å². The molecule has 0 saturated heterocycles. The van der Waals surface area contributed by atoms with Crippen LogP contribution in [0.2, 0.25) is 0 Å². The summed E-state index contributed by atoms with van der Waals surface area (Å²) in [7, 11) is 0. The summed E-state index contributed by atoms with van der Waals surface area (Å²) in [5.41, 5.74) is 4.22. The smallest absolute Gasteiger partial charge is 0.221 e. The topological polar surface area (TPSA) is 72.0 Å². The predicted molar refractivity (Wildman–Crippen MR) is 96.6 cm³/mol. The molecule has 1 atom stereocenters. The van der Waals surface area contributed by atoms with Crippen LogP contribution in [-0.2, 0) is 4.79 Å². The fourth-order valence-corrected chi connectivity index (χ4v) is 3.10. The maximum absolute atomic E-state index is 12.6. The van der Waals surface area contributed by atoms with Gasteiger partial charge in [0.25, 0.3) is 0 Å². The van der Waals surface area contributed by atoms with Crippen LogP contribution in [0.5, 0.6) is 0 Å². The molecule has 0 radical (unpaired) electrons. The lowest BCUT2D eigenvalue weighted by Crippen LogP contribution is -2.15. The van der Waals surface area contributed by atoms with E-state index < -0.39 is 0 Å². The van der Waals surface area contributed by atoms with E-state index in [0.717, 1.165) is 17.0 Å². The zero-order valence-corrected chi connectivity index (χ0v) is 15.3. The van der Waals surface area contributed by atoms with E-state index in [1.807, 2.05) is 27.7 Å². The summed E-state index contributed by atoms with van der Waals surface area (Å²) < 4.78 is 0. The van der Waals surface area contributed by atoms with Gasteiger partial charge in [-0.2, -0.15) is 0 Å². The molecular weight excluding hydrogens is 322 g/mol. The lowest BCUT2D eigenvalue weighted by Gasteiger charge is -2.12. The summed E-state index contributed by atoms with van der Waals surface area (Å²) in [6, 6.07) is 6.89. The number of rotatable bonds is 5. The second kappa shape index (κ2) is 7.57. The van der Waals surface area contributed by atoms with Crippen LogP contribution in [0, 0.1) is 20.8 Å². The minimum Gasteiger partial charge on any atom is -0.326 e. The Morgan fingerprint density at radius 2 is 1.58 bits per heavy atom. The zero-order valence-electron chi connectivity index (χ0n) is 14.5. The van der Waals surface area contributed by atoms with Crippen LogP contribution >= 0.6 is 11.8 Å². The number of aromatic nitrogens is 2. The number of nitrogens with one attached hydrogen (secondary N) is 1. The van der Waals surface area contributed by atoms with Gasteiger partial charge in [-0.05, 0) is 57.5 Å². The summed E-state index contributed by atoms with van der Waals surface area (Å²) in [5.74, 6) is -0.130. The van der Waals surface area contributed by atoms with Gasteiger partial charge in [0, 0.05) is 29.6 Å². The van der Waals surface area contributed by atoms with Gasteiger partial charge in [-0.25, -0.2) is 9.97 Å². The monoisotopic (exact) mass is 343 g/mol. The summed E-state index contributed by atoms with van der Waals surface area (Å²) in [6.45, 7) is 9.18. The lowest BCUT2D eigenvalue weighted by atomic mass is 10.1. The highest BCUT2D eigenvalue weighted by atomic mass is 32.2. The Morgan fingerprint density at radius 3 is 2.08 bits per heavy atom. The minimum atomic E-state index is -0.293. The summed E-state index contributed by atoms with van der Waals surface area (Å²) in [4.78, 5) is 32.5. The molecule has 0 saturated carbocycles. The van der Waals surface area contributed by atoms with E-state index >= 15 is 0 Å². The van der Waals surface area contributed by atoms with Crippen molar-refractivity contribution in [2.24, 2.45) is 0 Å². The van der Waals surface area contributed by atoms with Crippen molar-refractivity contribution < 1.29 is 9.59 Å². The number of nitrogens with zero attached hydrogens (tertiary/aromatic N) is 2. The largest absolute Gasteiger partial charge is 0.326 e. The molecule has 0 spiro atoms. The number of benzene rings is 1. The molecule has 1 N–H and O–H groups in total. The van der Waals surface area contributed by atoms with E-state index in [-0.39, 0.29) is 16.9 Å². The molecule has 1 heterocycles. The molecule has 2 rings (SSSR count). The van der Waals surface area contributed by atoms with Crippen molar-refractivity contribution in [3.05, 3.63) is 46.8 Å². The van der Waals surface area contributed by atoms with E-state index in [4.69, 9.17) is 0 Å². The minimum absolute atomic E-state index is 0.00820. The van der Waals surface area contributed by atoms with E-state index in [2.05, 4.69) is 15.3 Å². The molecule has 1 amide bonds. The van der Waals surface area contributed by atoms with Crippen LogP contribution in [0.1, 0.15) is 41.2 Å². The molecule has 0 fully saturated rings. The number of aryl methyl sites for hydroxylation is 2. The first kappa shape index (κ1) is 18.1. The first-order chi connectivity index (χ1) is 11.3. The molecule has 1 aromatic carbocycles. The Labute approximate surface area is 146 Å². The van der Waals surface area contributed by atoms with Crippen LogP contribution in [0.25, 0.3) is 0 Å². The van der Waals surface area contributed by atoms with Gasteiger partial charge in [0.2, 0.25) is 5.91 Å². The molecule has 2 aromatic rings. The number of ketones is 1. The van der Waals surface area contributed by atoms with Crippen molar-refractivity contribution in [2.75, 3.05) is 5.32 Å². The highest BCUT2D eigenvalue weighted by Crippen LogP contribution is 2.24. The Kier molecular flexibility index (Phi) is 5.72. The fraction of sp³-hybridized carbons (Fsp3) is 0.333. The van der Waals surface area contributed by atoms with Crippen LogP contribution in [0.4, 0.5) is 5.69 Å². The van der Waals surface area contributed by atoms with Crippen LogP contribution in [0.15, 0.2) is 29.4 Å². The number of hydrogen-bond donors (Lipinski definition) is 1. The summed E-state index contributed by atoms with van der Waals surface area (Å²) >= 11 is 1.36. The normalized spacial score (nSPS) is 11.9. The van der Waals surface area contributed by atoms with Gasteiger partial charge < -0.3 is 5.32 Å². The molecule has 6 heteroatoms. The van der Waals surface area contributed by atoms with Crippen molar-refractivity contribution in [3.63, 3.8) is 0 Å². The number of carbonyl (C=O) groups is 2. The van der Waals surface area contributed by atoms with Gasteiger partial charge in [-0.1, -0.05) is 11.8 Å². The molecule has 5 nitrogen and oxygen atoms in total. The molecule has 1 aromatic heterocycles. The van der Waals surface area contributed by atoms with E-state index in [9.17, 15) is 9.59 Å². The third kappa shape index (κ3) is 4.41. The summed E-state index contributed by atoms with van der Waals surface area (Å²) in [5, 5.41) is 3.01. The second-order valence-corrected chi connectivity index (χ2v) is 6.99. The van der Waals surface area contributed by atoms with Gasteiger partial charge in [-0.15, -0.1) is 0 Å². The quantitative estimate of drug-likeness (QED) is 0.509. The van der Waals surface area contributed by atoms with Crippen LogP contribution < -0.4 is 5.32 Å². The number of carbonyl (C=O) groups excluding carboxylic acids is 2. The molecule has 126 valence electrons. The average Bonchev–Trinajstić information content (AvgIpc) is 2.52. The highest BCUT2D eigenvalue weighted by Gasteiger charge is 2.18. The molecule has 0 aliphatic rings. The van der Waals surface area contributed by atoms with Crippen molar-refractivity contribution in [2.45, 2.75) is 45.0 Å². The van der Waals surface area contributed by atoms with Gasteiger partial charge >= 0.3 is 0 Å². The maximum atomic E-state index is 12.6. The standard InChI is InChI=1S/C18H21N3O2S/c1-10-11(2)19-18(20-12(10)3)24-13(4)17(23)15-6-8-16(9-7-15)21-14(5)22/h6-9,13H,1-5H3,(H,21,22)/t13-/m1/s1. The number of anilines is 1. The van der Waals surface area contributed by atoms with Crippen molar-refractivity contribution in [3.8, 4) is 0 Å². The predicted octanol–water partition coefficient (Wildman–Crippen LogP) is 3.72. The first-order valence-corrected chi connectivity index (χ1v) is 8.56. The molecule has 0 unspecified atom stereocenters. The molecule has 0 bridgehead atoms.